The molecule has 0 aromatic carbocycles. The van der Waals surface area contributed by atoms with Gasteiger partial charge in [-0.05, 0) is 26.2 Å². The minimum Gasteiger partial charge on any atom is -0.303 e. The molecular weight excluding hydrogens is 150 g/mol. The van der Waals surface area contributed by atoms with Crippen molar-refractivity contribution in [3.8, 4) is 6.07 Å². The second-order valence-corrected chi connectivity index (χ2v) is 3.42. The van der Waals surface area contributed by atoms with Gasteiger partial charge in [0.1, 0.15) is 6.29 Å². The highest BCUT2D eigenvalue weighted by Crippen LogP contribution is 2.37. The van der Waals surface area contributed by atoms with Crippen molar-refractivity contribution in [1.82, 2.24) is 0 Å². The summed E-state index contributed by atoms with van der Waals surface area (Å²) < 4.78 is 0. The summed E-state index contributed by atoms with van der Waals surface area (Å²) in [4.78, 5) is 10.9. The van der Waals surface area contributed by atoms with Crippen molar-refractivity contribution in [2.75, 3.05) is 0 Å². The van der Waals surface area contributed by atoms with Crippen LogP contribution in [-0.4, -0.2) is 6.29 Å². The van der Waals surface area contributed by atoms with E-state index in [1.165, 1.54) is 0 Å². The Morgan fingerprint density at radius 1 is 1.67 bits per heavy atom. The van der Waals surface area contributed by atoms with Crippen LogP contribution in [0.2, 0.25) is 0 Å². The van der Waals surface area contributed by atoms with Crippen molar-refractivity contribution in [3.63, 3.8) is 0 Å². The van der Waals surface area contributed by atoms with E-state index in [2.05, 4.69) is 12.1 Å². The molecule has 0 spiro atoms. The zero-order valence-corrected chi connectivity index (χ0v) is 7.29. The summed E-state index contributed by atoms with van der Waals surface area (Å²) in [6.07, 6.45) is 7.51. The number of aldehydes is 1. The van der Waals surface area contributed by atoms with Gasteiger partial charge in [0, 0.05) is 5.41 Å². The first-order valence-electron chi connectivity index (χ1n) is 4.26. The van der Waals surface area contributed by atoms with E-state index >= 15 is 0 Å². The number of hydrogen-bond acceptors (Lipinski definition) is 2. The molecule has 0 heterocycles. The Morgan fingerprint density at radius 2 is 2.42 bits per heavy atom. The molecule has 64 valence electrons. The Hall–Kier alpha value is -1.10. The van der Waals surface area contributed by atoms with Gasteiger partial charge in [-0.15, -0.1) is 0 Å². The maximum atomic E-state index is 10.9. The van der Waals surface area contributed by atoms with Crippen LogP contribution in [-0.2, 0) is 4.79 Å². The number of carbonyl (C=O) groups is 1. The average molecular weight is 163 g/mol. The molecular formula is C10H13NO. The lowest BCUT2D eigenvalue weighted by atomic mass is 9.70. The van der Waals surface area contributed by atoms with Gasteiger partial charge in [0.2, 0.25) is 0 Å². The van der Waals surface area contributed by atoms with E-state index in [1.807, 2.05) is 13.0 Å². The summed E-state index contributed by atoms with van der Waals surface area (Å²) in [6.45, 7) is 1.83. The summed E-state index contributed by atoms with van der Waals surface area (Å²) in [7, 11) is 0. The summed E-state index contributed by atoms with van der Waals surface area (Å²) in [5, 5.41) is 8.75. The molecule has 1 aliphatic rings. The van der Waals surface area contributed by atoms with Gasteiger partial charge in [-0.25, -0.2) is 0 Å². The summed E-state index contributed by atoms with van der Waals surface area (Å²) in [5.74, 6) is -0.167. The maximum Gasteiger partial charge on any atom is 0.127 e. The van der Waals surface area contributed by atoms with E-state index in [4.69, 9.17) is 5.26 Å². The largest absolute Gasteiger partial charge is 0.303 e. The number of nitrogens with zero attached hydrogens (tertiary/aromatic N) is 1. The number of allylic oxidation sites excluding steroid dienone is 2. The number of nitriles is 1. The van der Waals surface area contributed by atoms with Crippen LogP contribution in [0.5, 0.6) is 0 Å². The molecule has 0 amide bonds. The smallest absolute Gasteiger partial charge is 0.127 e. The molecule has 0 fully saturated rings. The molecule has 1 rings (SSSR count). The summed E-state index contributed by atoms with van der Waals surface area (Å²) in [5.41, 5.74) is -0.399. The van der Waals surface area contributed by atoms with Crippen LogP contribution >= 0.6 is 0 Å². The van der Waals surface area contributed by atoms with Crippen LogP contribution in [0.15, 0.2) is 12.2 Å². The monoisotopic (exact) mass is 163 g/mol. The Bertz CT molecular complexity index is 239. The molecule has 0 aromatic rings. The van der Waals surface area contributed by atoms with E-state index in [9.17, 15) is 4.79 Å². The van der Waals surface area contributed by atoms with Crippen LogP contribution in [0.3, 0.4) is 0 Å². The third kappa shape index (κ3) is 1.40. The molecule has 0 saturated carbocycles. The third-order valence-electron chi connectivity index (χ3n) is 2.73. The molecule has 0 radical (unpaired) electrons. The number of carbonyl (C=O) groups excluding carboxylic acids is 1. The van der Waals surface area contributed by atoms with Gasteiger partial charge in [-0.1, -0.05) is 12.2 Å². The first-order chi connectivity index (χ1) is 5.75. The van der Waals surface area contributed by atoms with Gasteiger partial charge < -0.3 is 4.79 Å². The predicted octanol–water partition coefficient (Wildman–Crippen LogP) is 2.07. The highest BCUT2D eigenvalue weighted by molar-refractivity contribution is 5.61. The quantitative estimate of drug-likeness (QED) is 0.462. The SMILES string of the molecule is CC(C#N)C1(C=O)CC=CCC1. The van der Waals surface area contributed by atoms with Crippen LogP contribution in [0.25, 0.3) is 0 Å². The van der Waals surface area contributed by atoms with E-state index in [0.717, 1.165) is 25.5 Å². The van der Waals surface area contributed by atoms with Crippen LogP contribution in [0, 0.1) is 22.7 Å². The molecule has 2 unspecified atom stereocenters. The van der Waals surface area contributed by atoms with Crippen molar-refractivity contribution in [1.29, 1.82) is 5.26 Å². The van der Waals surface area contributed by atoms with Crippen molar-refractivity contribution >= 4 is 6.29 Å². The highest BCUT2D eigenvalue weighted by atomic mass is 16.1. The lowest BCUT2D eigenvalue weighted by molar-refractivity contribution is -0.118. The van der Waals surface area contributed by atoms with Crippen LogP contribution in [0.4, 0.5) is 0 Å². The second-order valence-electron chi connectivity index (χ2n) is 3.42. The van der Waals surface area contributed by atoms with E-state index in [1.54, 1.807) is 0 Å². The fourth-order valence-electron chi connectivity index (χ4n) is 1.61. The zero-order valence-electron chi connectivity index (χ0n) is 7.29. The van der Waals surface area contributed by atoms with Gasteiger partial charge in [0.05, 0.1) is 12.0 Å². The van der Waals surface area contributed by atoms with Crippen molar-refractivity contribution in [3.05, 3.63) is 12.2 Å². The first kappa shape index (κ1) is 8.99. The highest BCUT2D eigenvalue weighted by Gasteiger charge is 2.35. The normalized spacial score (nSPS) is 30.7. The summed E-state index contributed by atoms with van der Waals surface area (Å²) >= 11 is 0. The molecule has 0 aliphatic heterocycles. The second kappa shape index (κ2) is 3.53. The van der Waals surface area contributed by atoms with Gasteiger partial charge in [0.15, 0.2) is 0 Å². The lowest BCUT2D eigenvalue weighted by Gasteiger charge is -2.31. The topological polar surface area (TPSA) is 40.9 Å². The van der Waals surface area contributed by atoms with Crippen molar-refractivity contribution in [2.24, 2.45) is 11.3 Å². The Balaban J connectivity index is 2.83. The molecule has 0 N–H and O–H groups in total. The number of rotatable bonds is 2. The first-order valence-corrected chi connectivity index (χ1v) is 4.26. The predicted molar refractivity (Wildman–Crippen MR) is 46.3 cm³/mol. The van der Waals surface area contributed by atoms with E-state index in [0.29, 0.717) is 0 Å². The standard InChI is InChI=1S/C10H13NO/c1-9(7-11)10(8-12)5-3-2-4-6-10/h2-3,8-9H,4-6H2,1H3. The molecule has 0 bridgehead atoms. The molecule has 0 saturated heterocycles. The van der Waals surface area contributed by atoms with E-state index in [-0.39, 0.29) is 5.92 Å². The zero-order chi connectivity index (χ0) is 9.03. The van der Waals surface area contributed by atoms with E-state index < -0.39 is 5.41 Å². The fraction of sp³-hybridized carbons (Fsp3) is 0.600. The molecule has 2 atom stereocenters. The number of hydrogen-bond donors (Lipinski definition) is 0. The maximum absolute atomic E-state index is 10.9. The molecule has 0 aromatic heterocycles. The average Bonchev–Trinajstić information content (AvgIpc) is 2.17. The molecule has 2 nitrogen and oxygen atoms in total. The summed E-state index contributed by atoms with van der Waals surface area (Å²) in [6, 6.07) is 2.16. The van der Waals surface area contributed by atoms with Crippen molar-refractivity contribution in [2.45, 2.75) is 26.2 Å². The van der Waals surface area contributed by atoms with Crippen molar-refractivity contribution < 1.29 is 4.79 Å². The lowest BCUT2D eigenvalue weighted by Crippen LogP contribution is -2.30. The van der Waals surface area contributed by atoms with Gasteiger partial charge in [-0.3, -0.25) is 0 Å². The van der Waals surface area contributed by atoms with Gasteiger partial charge in [0.25, 0.3) is 0 Å². The Labute approximate surface area is 72.9 Å². The molecule has 12 heavy (non-hydrogen) atoms. The minimum atomic E-state index is -0.399. The molecule has 2 heteroatoms. The van der Waals surface area contributed by atoms with Crippen LogP contribution < -0.4 is 0 Å². The Kier molecular flexibility index (Phi) is 2.65. The fourth-order valence-corrected chi connectivity index (χ4v) is 1.61. The molecule has 1 aliphatic carbocycles. The van der Waals surface area contributed by atoms with Crippen LogP contribution in [0.1, 0.15) is 26.2 Å². The van der Waals surface area contributed by atoms with Gasteiger partial charge in [-0.2, -0.15) is 5.26 Å². The minimum absolute atomic E-state index is 0.167. The van der Waals surface area contributed by atoms with Gasteiger partial charge >= 0.3 is 0 Å². The third-order valence-corrected chi connectivity index (χ3v) is 2.73. The Morgan fingerprint density at radius 3 is 2.83 bits per heavy atom.